The summed E-state index contributed by atoms with van der Waals surface area (Å²) in [6.07, 6.45) is 0. The van der Waals surface area contributed by atoms with Crippen LogP contribution in [0, 0.1) is 0 Å². The molecule has 162 valence electrons. The Bertz CT molecular complexity index is 1290. The first-order valence-electron chi connectivity index (χ1n) is 9.89. The van der Waals surface area contributed by atoms with Crippen LogP contribution in [0.2, 0.25) is 0 Å². The van der Waals surface area contributed by atoms with Crippen molar-refractivity contribution in [3.63, 3.8) is 0 Å². The van der Waals surface area contributed by atoms with Crippen LogP contribution in [0.1, 0.15) is 0 Å². The summed E-state index contributed by atoms with van der Waals surface area (Å²) in [5.41, 5.74) is 2.90. The summed E-state index contributed by atoms with van der Waals surface area (Å²) in [6.45, 7) is 1.01. The molecule has 0 fully saturated rings. The number of nitrogens with zero attached hydrogens (tertiary/aromatic N) is 4. The van der Waals surface area contributed by atoms with Gasteiger partial charge in [0.1, 0.15) is 19.0 Å². The number of carbonyl (C=O) groups excluding carboxylic acids is 1. The van der Waals surface area contributed by atoms with E-state index in [1.165, 1.54) is 11.8 Å². The second kappa shape index (κ2) is 8.75. The lowest BCUT2D eigenvalue weighted by atomic mass is 10.1. The van der Waals surface area contributed by atoms with Crippen LogP contribution in [-0.2, 0) is 4.79 Å². The Kier molecular flexibility index (Phi) is 5.51. The summed E-state index contributed by atoms with van der Waals surface area (Å²) in [6, 6.07) is 16.7. The van der Waals surface area contributed by atoms with Crippen molar-refractivity contribution in [1.82, 2.24) is 19.8 Å². The number of ether oxygens (including phenoxy) is 3. The molecule has 0 atom stereocenters. The molecular weight excluding hydrogens is 430 g/mol. The molecule has 9 nitrogen and oxygen atoms in total. The lowest BCUT2D eigenvalue weighted by Gasteiger charge is -2.18. The van der Waals surface area contributed by atoms with E-state index < -0.39 is 0 Å². The number of hydrogen-bond donors (Lipinski definition) is 1. The van der Waals surface area contributed by atoms with Gasteiger partial charge in [0.2, 0.25) is 11.1 Å². The monoisotopic (exact) mass is 449 g/mol. The maximum atomic E-state index is 12.5. The second-order valence-electron chi connectivity index (χ2n) is 6.90. The third kappa shape index (κ3) is 4.17. The molecule has 0 spiro atoms. The highest BCUT2D eigenvalue weighted by molar-refractivity contribution is 7.99. The maximum absolute atomic E-state index is 12.5. The van der Waals surface area contributed by atoms with Crippen molar-refractivity contribution in [2.24, 2.45) is 0 Å². The average molecular weight is 449 g/mol. The number of anilines is 1. The number of thioether (sulfide) groups is 1. The van der Waals surface area contributed by atoms with Gasteiger partial charge in [0.05, 0.1) is 18.6 Å². The number of aromatic nitrogens is 4. The topological polar surface area (TPSA) is 99.9 Å². The second-order valence-corrected chi connectivity index (χ2v) is 7.84. The van der Waals surface area contributed by atoms with Gasteiger partial charge in [0, 0.05) is 17.3 Å². The predicted molar refractivity (Wildman–Crippen MR) is 120 cm³/mol. The number of nitrogens with one attached hydrogen (secondary N) is 1. The minimum atomic E-state index is -0.174. The van der Waals surface area contributed by atoms with E-state index in [0.717, 1.165) is 17.0 Å². The zero-order valence-corrected chi connectivity index (χ0v) is 18.0. The molecule has 32 heavy (non-hydrogen) atoms. The first-order chi connectivity index (χ1) is 15.7. The van der Waals surface area contributed by atoms with Crippen molar-refractivity contribution in [3.8, 4) is 28.5 Å². The smallest absolute Gasteiger partial charge is 0.234 e. The third-order valence-electron chi connectivity index (χ3n) is 4.76. The van der Waals surface area contributed by atoms with Crippen molar-refractivity contribution >= 4 is 29.0 Å². The lowest BCUT2D eigenvalue weighted by molar-refractivity contribution is -0.113. The molecule has 1 N–H and O–H groups in total. The van der Waals surface area contributed by atoms with Crippen molar-refractivity contribution in [1.29, 1.82) is 0 Å². The maximum Gasteiger partial charge on any atom is 0.234 e. The Hall–Kier alpha value is -3.79. The fourth-order valence-electron chi connectivity index (χ4n) is 3.24. The quantitative estimate of drug-likeness (QED) is 0.448. The van der Waals surface area contributed by atoms with Gasteiger partial charge in [0.15, 0.2) is 17.1 Å². The minimum Gasteiger partial charge on any atom is -0.497 e. The zero-order chi connectivity index (χ0) is 21.9. The van der Waals surface area contributed by atoms with Crippen LogP contribution in [-0.4, -0.2) is 51.8 Å². The molecule has 0 saturated carbocycles. The Morgan fingerprint density at radius 3 is 2.84 bits per heavy atom. The number of rotatable bonds is 6. The van der Waals surface area contributed by atoms with Crippen LogP contribution in [0.15, 0.2) is 59.8 Å². The fourth-order valence-corrected chi connectivity index (χ4v) is 3.93. The molecule has 0 radical (unpaired) electrons. The van der Waals surface area contributed by atoms with E-state index in [1.807, 2.05) is 36.4 Å². The molecule has 0 unspecified atom stereocenters. The van der Waals surface area contributed by atoms with Crippen LogP contribution in [0.4, 0.5) is 5.69 Å². The number of hydrogen-bond acceptors (Lipinski definition) is 8. The highest BCUT2D eigenvalue weighted by atomic mass is 32.2. The van der Waals surface area contributed by atoms with E-state index in [-0.39, 0.29) is 11.7 Å². The van der Waals surface area contributed by atoms with E-state index in [0.29, 0.717) is 41.2 Å². The number of fused-ring (bicyclic) bond motifs is 2. The van der Waals surface area contributed by atoms with Gasteiger partial charge in [-0.2, -0.15) is 9.61 Å². The van der Waals surface area contributed by atoms with E-state index in [9.17, 15) is 4.79 Å². The SMILES string of the molecule is COc1cccc(-c2ccc3nnc(SCC(=O)Nc4ccc5c(c4)OCCO5)n3n2)c1. The number of carbonyl (C=O) groups is 1. The first kappa shape index (κ1) is 20.1. The molecule has 1 aliphatic rings. The van der Waals surface area contributed by atoms with Crippen LogP contribution in [0.25, 0.3) is 16.9 Å². The molecule has 3 heterocycles. The van der Waals surface area contributed by atoms with Gasteiger partial charge >= 0.3 is 0 Å². The van der Waals surface area contributed by atoms with Crippen LogP contribution < -0.4 is 19.5 Å². The summed E-state index contributed by atoms with van der Waals surface area (Å²) in [5.74, 6) is 2.03. The summed E-state index contributed by atoms with van der Waals surface area (Å²) >= 11 is 1.26. The molecule has 0 aliphatic carbocycles. The minimum absolute atomic E-state index is 0.153. The van der Waals surface area contributed by atoms with E-state index in [4.69, 9.17) is 14.2 Å². The lowest BCUT2D eigenvalue weighted by Crippen LogP contribution is -2.17. The van der Waals surface area contributed by atoms with E-state index in [1.54, 1.807) is 29.8 Å². The Morgan fingerprint density at radius 1 is 1.09 bits per heavy atom. The van der Waals surface area contributed by atoms with Crippen molar-refractivity contribution < 1.29 is 19.0 Å². The van der Waals surface area contributed by atoms with Crippen LogP contribution in [0.5, 0.6) is 17.2 Å². The zero-order valence-electron chi connectivity index (χ0n) is 17.1. The molecule has 10 heteroatoms. The van der Waals surface area contributed by atoms with Gasteiger partial charge in [-0.25, -0.2) is 0 Å². The largest absolute Gasteiger partial charge is 0.497 e. The molecule has 0 bridgehead atoms. The van der Waals surface area contributed by atoms with Crippen molar-refractivity contribution in [2.75, 3.05) is 31.4 Å². The Balaban J connectivity index is 1.29. The Morgan fingerprint density at radius 2 is 1.97 bits per heavy atom. The molecule has 2 aromatic heterocycles. The van der Waals surface area contributed by atoms with Crippen LogP contribution >= 0.6 is 11.8 Å². The number of benzene rings is 2. The van der Waals surface area contributed by atoms with Crippen molar-refractivity contribution in [3.05, 3.63) is 54.6 Å². The molecule has 5 rings (SSSR count). The van der Waals surface area contributed by atoms with Gasteiger partial charge in [-0.1, -0.05) is 23.9 Å². The molecule has 4 aromatic rings. The molecular formula is C22H19N5O4S. The summed E-state index contributed by atoms with van der Waals surface area (Å²) in [5, 5.41) is 16.4. The van der Waals surface area contributed by atoms with E-state index in [2.05, 4.69) is 20.6 Å². The highest BCUT2D eigenvalue weighted by Crippen LogP contribution is 2.32. The summed E-state index contributed by atoms with van der Waals surface area (Å²) < 4.78 is 18.0. The molecule has 1 amide bonds. The fraction of sp³-hybridized carbons (Fsp3) is 0.182. The number of amides is 1. The van der Waals surface area contributed by atoms with Gasteiger partial charge < -0.3 is 19.5 Å². The normalized spacial score (nSPS) is 12.5. The van der Waals surface area contributed by atoms with Gasteiger partial charge in [-0.3, -0.25) is 4.79 Å². The molecule has 0 saturated heterocycles. The highest BCUT2D eigenvalue weighted by Gasteiger charge is 2.15. The van der Waals surface area contributed by atoms with Gasteiger partial charge in [-0.05, 0) is 36.4 Å². The summed E-state index contributed by atoms with van der Waals surface area (Å²) in [7, 11) is 1.63. The van der Waals surface area contributed by atoms with E-state index >= 15 is 0 Å². The standard InChI is InChI=1S/C22H19N5O4S/c1-29-16-4-2-3-14(11-16)17-6-8-20-24-25-22(27(20)26-17)32-13-21(28)23-15-5-7-18-19(12-15)31-10-9-30-18/h2-8,11-12H,9-10,13H2,1H3,(H,23,28). The first-order valence-corrected chi connectivity index (χ1v) is 10.9. The van der Waals surface area contributed by atoms with Crippen molar-refractivity contribution in [2.45, 2.75) is 5.16 Å². The molecule has 2 aromatic carbocycles. The Labute approximate surface area is 187 Å². The number of methoxy groups -OCH3 is 1. The summed E-state index contributed by atoms with van der Waals surface area (Å²) in [4.78, 5) is 12.5. The van der Waals surface area contributed by atoms with Crippen LogP contribution in [0.3, 0.4) is 0 Å². The predicted octanol–water partition coefficient (Wildman–Crippen LogP) is 3.30. The molecule has 1 aliphatic heterocycles. The van der Waals surface area contributed by atoms with Gasteiger partial charge in [0.25, 0.3) is 0 Å². The average Bonchev–Trinajstić information content (AvgIpc) is 3.25. The van der Waals surface area contributed by atoms with Gasteiger partial charge in [-0.15, -0.1) is 10.2 Å². The third-order valence-corrected chi connectivity index (χ3v) is 5.68.